The van der Waals surface area contributed by atoms with E-state index in [1.807, 2.05) is 0 Å². The molecule has 78 valence electrons. The van der Waals surface area contributed by atoms with E-state index in [1.54, 1.807) is 0 Å². The Hall–Kier alpha value is -0.550. The highest BCUT2D eigenvalue weighted by atomic mass is 19.4. The lowest BCUT2D eigenvalue weighted by Gasteiger charge is -2.09. The summed E-state index contributed by atoms with van der Waals surface area (Å²) in [4.78, 5) is 0. The lowest BCUT2D eigenvalue weighted by Crippen LogP contribution is -2.19. The number of ether oxygens (including phenoxy) is 1. The summed E-state index contributed by atoms with van der Waals surface area (Å²) in [5.41, 5.74) is 0. The Kier molecular flexibility index (Phi) is 5.73. The van der Waals surface area contributed by atoms with Crippen molar-refractivity contribution in [3.8, 4) is 0 Å². The summed E-state index contributed by atoms with van der Waals surface area (Å²) in [5, 5.41) is 9.05. The predicted molar refractivity (Wildman–Crippen MR) is 42.3 cm³/mol. The number of aliphatic hydroxyl groups is 1. The van der Waals surface area contributed by atoms with E-state index in [9.17, 15) is 13.2 Å². The zero-order chi connectivity index (χ0) is 10.3. The molecule has 0 aromatic rings. The van der Waals surface area contributed by atoms with E-state index in [0.717, 1.165) is 0 Å². The van der Waals surface area contributed by atoms with Gasteiger partial charge in [-0.25, -0.2) is 0 Å². The summed E-state index contributed by atoms with van der Waals surface area (Å²) in [7, 11) is 0. The van der Waals surface area contributed by atoms with Crippen molar-refractivity contribution in [2.75, 3.05) is 13.2 Å². The molecule has 0 amide bonds. The Labute approximate surface area is 75.0 Å². The molecular weight excluding hydrogens is 185 g/mol. The second-order valence-electron chi connectivity index (χ2n) is 2.63. The number of hydrogen-bond donors (Lipinski definition) is 1. The van der Waals surface area contributed by atoms with E-state index in [-0.39, 0.29) is 13.0 Å². The van der Waals surface area contributed by atoms with Gasteiger partial charge in [0.25, 0.3) is 0 Å². The topological polar surface area (TPSA) is 29.5 Å². The zero-order valence-corrected chi connectivity index (χ0v) is 7.18. The fraction of sp³-hybridized carbons (Fsp3) is 0.750. The van der Waals surface area contributed by atoms with Crippen LogP contribution in [0.2, 0.25) is 0 Å². The number of alkyl halides is 3. The summed E-state index contributed by atoms with van der Waals surface area (Å²) in [6, 6.07) is 0. The third-order valence-corrected chi connectivity index (χ3v) is 1.30. The molecule has 0 aromatic carbocycles. The van der Waals surface area contributed by atoms with Gasteiger partial charge in [-0.1, -0.05) is 6.08 Å². The van der Waals surface area contributed by atoms with E-state index in [4.69, 9.17) is 5.11 Å². The molecule has 0 aromatic heterocycles. The lowest BCUT2D eigenvalue weighted by molar-refractivity contribution is -0.175. The maximum atomic E-state index is 11.5. The number of halogens is 3. The van der Waals surface area contributed by atoms with Gasteiger partial charge in [-0.15, -0.1) is 6.58 Å². The summed E-state index contributed by atoms with van der Waals surface area (Å²) < 4.78 is 38.9. The molecule has 0 aliphatic rings. The van der Waals surface area contributed by atoms with Crippen LogP contribution in [0.5, 0.6) is 0 Å². The van der Waals surface area contributed by atoms with Gasteiger partial charge in [0.15, 0.2) is 0 Å². The first-order chi connectivity index (χ1) is 5.95. The van der Waals surface area contributed by atoms with E-state index < -0.39 is 18.9 Å². The Morgan fingerprint density at radius 1 is 1.46 bits per heavy atom. The molecule has 13 heavy (non-hydrogen) atoms. The minimum absolute atomic E-state index is 0.0888. The van der Waals surface area contributed by atoms with E-state index in [0.29, 0.717) is 6.42 Å². The number of hydrogen-bond acceptors (Lipinski definition) is 2. The van der Waals surface area contributed by atoms with Crippen molar-refractivity contribution in [3.63, 3.8) is 0 Å². The quantitative estimate of drug-likeness (QED) is 0.521. The van der Waals surface area contributed by atoms with Crippen molar-refractivity contribution in [3.05, 3.63) is 12.7 Å². The van der Waals surface area contributed by atoms with Crippen LogP contribution in [0, 0.1) is 0 Å². The molecule has 1 unspecified atom stereocenters. The largest absolute Gasteiger partial charge is 0.411 e. The van der Waals surface area contributed by atoms with Crippen molar-refractivity contribution < 1.29 is 23.0 Å². The Morgan fingerprint density at radius 2 is 2.08 bits per heavy atom. The first-order valence-electron chi connectivity index (χ1n) is 3.89. The standard InChI is InChI=1S/C8H13F3O2/c1-2-3-7(12)4-5-13-6-8(9,10)11/h2,7,12H,1,3-6H2. The summed E-state index contributed by atoms with van der Waals surface area (Å²) in [6.07, 6.45) is -2.87. The van der Waals surface area contributed by atoms with Crippen molar-refractivity contribution in [1.82, 2.24) is 0 Å². The van der Waals surface area contributed by atoms with E-state index in [1.165, 1.54) is 6.08 Å². The van der Waals surface area contributed by atoms with Crippen LogP contribution < -0.4 is 0 Å². The fourth-order valence-electron chi connectivity index (χ4n) is 0.718. The molecule has 0 aliphatic carbocycles. The summed E-state index contributed by atoms with van der Waals surface area (Å²) in [6.45, 7) is 2.04. The Morgan fingerprint density at radius 3 is 2.54 bits per heavy atom. The fourth-order valence-corrected chi connectivity index (χ4v) is 0.718. The third-order valence-electron chi connectivity index (χ3n) is 1.30. The molecule has 1 N–H and O–H groups in total. The van der Waals surface area contributed by atoms with Gasteiger partial charge in [0.2, 0.25) is 0 Å². The highest BCUT2D eigenvalue weighted by molar-refractivity contribution is 4.71. The molecule has 0 radical (unpaired) electrons. The summed E-state index contributed by atoms with van der Waals surface area (Å²) >= 11 is 0. The van der Waals surface area contributed by atoms with Gasteiger partial charge < -0.3 is 9.84 Å². The van der Waals surface area contributed by atoms with Gasteiger partial charge in [0.05, 0.1) is 6.10 Å². The highest BCUT2D eigenvalue weighted by Crippen LogP contribution is 2.14. The highest BCUT2D eigenvalue weighted by Gasteiger charge is 2.27. The molecule has 0 rings (SSSR count). The number of rotatable bonds is 6. The van der Waals surface area contributed by atoms with Gasteiger partial charge in [-0.05, 0) is 12.8 Å². The van der Waals surface area contributed by atoms with Gasteiger partial charge in [0.1, 0.15) is 6.61 Å². The van der Waals surface area contributed by atoms with Crippen molar-refractivity contribution in [1.29, 1.82) is 0 Å². The SMILES string of the molecule is C=CCC(O)CCOCC(F)(F)F. The normalized spacial score (nSPS) is 14.2. The molecule has 0 aliphatic heterocycles. The van der Waals surface area contributed by atoms with Crippen LogP contribution in [0.1, 0.15) is 12.8 Å². The van der Waals surface area contributed by atoms with Crippen LogP contribution in [-0.2, 0) is 4.74 Å². The minimum Gasteiger partial charge on any atom is -0.393 e. The molecule has 2 nitrogen and oxygen atoms in total. The molecule has 5 heteroatoms. The van der Waals surface area contributed by atoms with Crippen LogP contribution in [0.3, 0.4) is 0 Å². The van der Waals surface area contributed by atoms with Crippen LogP contribution in [0.4, 0.5) is 13.2 Å². The van der Waals surface area contributed by atoms with Crippen LogP contribution >= 0.6 is 0 Å². The smallest absolute Gasteiger partial charge is 0.393 e. The second kappa shape index (κ2) is 5.99. The average Bonchev–Trinajstić information content (AvgIpc) is 1.97. The maximum Gasteiger partial charge on any atom is 0.411 e. The molecule has 0 saturated carbocycles. The average molecular weight is 198 g/mol. The van der Waals surface area contributed by atoms with E-state index >= 15 is 0 Å². The van der Waals surface area contributed by atoms with Gasteiger partial charge in [-0.2, -0.15) is 13.2 Å². The van der Waals surface area contributed by atoms with Crippen LogP contribution in [0.25, 0.3) is 0 Å². The minimum atomic E-state index is -4.29. The maximum absolute atomic E-state index is 11.5. The molecule has 0 saturated heterocycles. The zero-order valence-electron chi connectivity index (χ0n) is 7.18. The Bertz CT molecular complexity index is 145. The predicted octanol–water partition coefficient (Wildman–Crippen LogP) is 1.89. The molecule has 1 atom stereocenters. The van der Waals surface area contributed by atoms with Crippen molar-refractivity contribution in [2.24, 2.45) is 0 Å². The van der Waals surface area contributed by atoms with Gasteiger partial charge in [-0.3, -0.25) is 0 Å². The van der Waals surface area contributed by atoms with E-state index in [2.05, 4.69) is 11.3 Å². The van der Waals surface area contributed by atoms with Crippen LogP contribution in [-0.4, -0.2) is 30.6 Å². The Balaban J connectivity index is 3.30. The molecule has 0 spiro atoms. The molecule has 0 bridgehead atoms. The third kappa shape index (κ3) is 9.36. The van der Waals surface area contributed by atoms with Gasteiger partial charge >= 0.3 is 6.18 Å². The first kappa shape index (κ1) is 12.4. The molecular formula is C8H13F3O2. The lowest BCUT2D eigenvalue weighted by atomic mass is 10.2. The number of aliphatic hydroxyl groups excluding tert-OH is 1. The van der Waals surface area contributed by atoms with Gasteiger partial charge in [0, 0.05) is 6.61 Å². The monoisotopic (exact) mass is 198 g/mol. The first-order valence-corrected chi connectivity index (χ1v) is 3.89. The molecule has 0 heterocycles. The second-order valence-corrected chi connectivity index (χ2v) is 2.63. The van der Waals surface area contributed by atoms with Crippen molar-refractivity contribution in [2.45, 2.75) is 25.1 Å². The molecule has 0 fully saturated rings. The van der Waals surface area contributed by atoms with Crippen LogP contribution in [0.15, 0.2) is 12.7 Å². The van der Waals surface area contributed by atoms with Crippen molar-refractivity contribution >= 4 is 0 Å². The summed E-state index contributed by atoms with van der Waals surface area (Å²) in [5.74, 6) is 0.